The van der Waals surface area contributed by atoms with E-state index in [-0.39, 0.29) is 39.6 Å². The lowest BCUT2D eigenvalue weighted by Gasteiger charge is -2.33. The summed E-state index contributed by atoms with van der Waals surface area (Å²) in [6, 6.07) is 15.0. The van der Waals surface area contributed by atoms with Crippen LogP contribution in [0, 0.1) is 11.3 Å². The van der Waals surface area contributed by atoms with Gasteiger partial charge in [-0.05, 0) is 18.2 Å². The third kappa shape index (κ3) is 2.21. The minimum Gasteiger partial charge on any atom is -0.440 e. The van der Waals surface area contributed by atoms with Crippen molar-refractivity contribution >= 4 is 28.5 Å². The number of nitrogens with two attached hydrogens (primary N) is 2. The molecule has 31 heavy (non-hydrogen) atoms. The van der Waals surface area contributed by atoms with Crippen molar-refractivity contribution in [1.82, 2.24) is 0 Å². The van der Waals surface area contributed by atoms with E-state index in [1.807, 2.05) is 6.07 Å². The minimum atomic E-state index is -1.93. The van der Waals surface area contributed by atoms with Crippen molar-refractivity contribution in [2.75, 3.05) is 11.4 Å². The number of hydrogen-bond acceptors (Lipinski definition) is 7. The third-order valence-electron chi connectivity index (χ3n) is 5.55. The molecule has 1 atom stereocenters. The monoisotopic (exact) mass is 414 g/mol. The van der Waals surface area contributed by atoms with Crippen LogP contribution in [0.1, 0.15) is 11.1 Å². The Morgan fingerprint density at radius 2 is 1.84 bits per heavy atom. The van der Waals surface area contributed by atoms with E-state index in [9.17, 15) is 19.6 Å². The average molecular weight is 414 g/mol. The number of fused-ring (bicyclic) bond motifs is 6. The van der Waals surface area contributed by atoms with Crippen LogP contribution < -0.4 is 26.7 Å². The number of amides is 2. The molecule has 2 amide bonds. The van der Waals surface area contributed by atoms with Crippen LogP contribution in [0.2, 0.25) is 0 Å². The fourth-order valence-corrected chi connectivity index (χ4v) is 4.44. The number of carbonyl (C=O) groups excluding carboxylic acids is 2. The molecule has 5 rings (SSSR count). The Balaban J connectivity index is 2.02. The Morgan fingerprint density at radius 3 is 2.58 bits per heavy atom. The summed E-state index contributed by atoms with van der Waals surface area (Å²) in [5.41, 5.74) is 8.97. The van der Waals surface area contributed by atoms with E-state index < -0.39 is 29.4 Å². The SMILES string of the molecule is N#CC1=C(N)Oc2ccccc2[C@]12C(=O)N(CC(N)=O)c1c2c(=O)oc2ccccc12. The number of para-hydroxylation sites is 2. The van der Waals surface area contributed by atoms with Gasteiger partial charge in [-0.1, -0.05) is 30.3 Å². The van der Waals surface area contributed by atoms with E-state index in [1.165, 1.54) is 0 Å². The highest BCUT2D eigenvalue weighted by Gasteiger charge is 2.61. The van der Waals surface area contributed by atoms with Crippen molar-refractivity contribution in [3.05, 3.63) is 81.5 Å². The maximum absolute atomic E-state index is 14.0. The maximum atomic E-state index is 14.0. The second-order valence-electron chi connectivity index (χ2n) is 7.17. The number of benzene rings is 2. The van der Waals surface area contributed by atoms with E-state index in [2.05, 4.69) is 0 Å². The van der Waals surface area contributed by atoms with Gasteiger partial charge in [0.15, 0.2) is 5.41 Å². The molecule has 0 saturated heterocycles. The zero-order valence-corrected chi connectivity index (χ0v) is 15.9. The Bertz CT molecular complexity index is 1450. The van der Waals surface area contributed by atoms with Crippen molar-refractivity contribution in [2.24, 2.45) is 11.5 Å². The second-order valence-corrected chi connectivity index (χ2v) is 7.17. The van der Waals surface area contributed by atoms with Crippen molar-refractivity contribution in [3.8, 4) is 11.8 Å². The standard InChI is InChI=1S/C22H14N4O5/c23-9-13-19(25)30-15-8-4-2-6-12(15)22(13)17-18(26(21(22)29)10-16(24)27)11-5-1-3-7-14(11)31-20(17)28/h1-8H,10,25H2,(H2,24,27)/t22-/m0/s1. The Morgan fingerprint density at radius 1 is 1.13 bits per heavy atom. The molecule has 0 radical (unpaired) electrons. The lowest BCUT2D eigenvalue weighted by Crippen LogP contribution is -2.48. The van der Waals surface area contributed by atoms with Crippen LogP contribution in [0.4, 0.5) is 5.69 Å². The summed E-state index contributed by atoms with van der Waals surface area (Å²) in [5.74, 6) is -1.59. The molecular weight excluding hydrogens is 400 g/mol. The van der Waals surface area contributed by atoms with Crippen molar-refractivity contribution in [3.63, 3.8) is 0 Å². The fraction of sp³-hybridized carbons (Fsp3) is 0.0909. The van der Waals surface area contributed by atoms with Crippen molar-refractivity contribution in [1.29, 1.82) is 5.26 Å². The summed E-state index contributed by atoms with van der Waals surface area (Å²) < 4.78 is 11.1. The van der Waals surface area contributed by atoms with Gasteiger partial charge in [-0.2, -0.15) is 5.26 Å². The molecule has 1 aromatic heterocycles. The number of ether oxygens (including phenoxy) is 1. The topological polar surface area (TPSA) is 153 Å². The Hall–Kier alpha value is -4.58. The van der Waals surface area contributed by atoms with Gasteiger partial charge in [0, 0.05) is 10.9 Å². The van der Waals surface area contributed by atoms with Crippen LogP contribution in [0.25, 0.3) is 11.0 Å². The van der Waals surface area contributed by atoms with E-state index in [1.54, 1.807) is 48.5 Å². The highest BCUT2D eigenvalue weighted by Crippen LogP contribution is 2.55. The molecule has 3 heterocycles. The molecule has 9 heteroatoms. The molecule has 2 aromatic carbocycles. The van der Waals surface area contributed by atoms with Crippen LogP contribution in [-0.4, -0.2) is 18.4 Å². The molecule has 2 aliphatic rings. The first-order valence-corrected chi connectivity index (χ1v) is 9.25. The predicted octanol–water partition coefficient (Wildman–Crippen LogP) is 0.997. The summed E-state index contributed by atoms with van der Waals surface area (Å²) in [7, 11) is 0. The van der Waals surface area contributed by atoms with Crippen LogP contribution in [0.15, 0.2) is 69.2 Å². The first-order chi connectivity index (χ1) is 14.9. The van der Waals surface area contributed by atoms with Crippen molar-refractivity contribution in [2.45, 2.75) is 5.41 Å². The zero-order valence-electron chi connectivity index (χ0n) is 15.9. The molecule has 0 unspecified atom stereocenters. The summed E-state index contributed by atoms with van der Waals surface area (Å²) >= 11 is 0. The average Bonchev–Trinajstić information content (AvgIpc) is 2.98. The molecule has 152 valence electrons. The van der Waals surface area contributed by atoms with E-state index in [4.69, 9.17) is 20.6 Å². The molecule has 0 saturated carbocycles. The predicted molar refractivity (Wildman–Crippen MR) is 109 cm³/mol. The number of rotatable bonds is 2. The highest BCUT2D eigenvalue weighted by atomic mass is 16.5. The van der Waals surface area contributed by atoms with Crippen LogP contribution in [0.5, 0.6) is 5.75 Å². The lowest BCUT2D eigenvalue weighted by molar-refractivity contribution is -0.123. The molecule has 0 aliphatic carbocycles. The molecule has 3 aromatic rings. The van der Waals surface area contributed by atoms with Crippen molar-refractivity contribution < 1.29 is 18.7 Å². The largest absolute Gasteiger partial charge is 0.440 e. The molecule has 9 nitrogen and oxygen atoms in total. The molecular formula is C22H14N4O5. The number of primary amides is 1. The second kappa shape index (κ2) is 6.21. The smallest absolute Gasteiger partial charge is 0.343 e. The van der Waals surface area contributed by atoms with Crippen LogP contribution >= 0.6 is 0 Å². The maximum Gasteiger partial charge on any atom is 0.343 e. The van der Waals surface area contributed by atoms with Gasteiger partial charge >= 0.3 is 5.63 Å². The van der Waals surface area contributed by atoms with Gasteiger partial charge in [0.2, 0.25) is 17.7 Å². The third-order valence-corrected chi connectivity index (χ3v) is 5.55. The summed E-state index contributed by atoms with van der Waals surface area (Å²) in [5, 5.41) is 10.4. The summed E-state index contributed by atoms with van der Waals surface area (Å²) in [6.45, 7) is -0.497. The lowest BCUT2D eigenvalue weighted by atomic mass is 9.69. The molecule has 0 fully saturated rings. The first kappa shape index (κ1) is 18.4. The minimum absolute atomic E-state index is 0.104. The summed E-state index contributed by atoms with van der Waals surface area (Å²) in [6.07, 6.45) is 0. The van der Waals surface area contributed by atoms with Gasteiger partial charge in [-0.25, -0.2) is 4.79 Å². The number of nitriles is 1. The first-order valence-electron chi connectivity index (χ1n) is 9.25. The molecule has 2 aliphatic heterocycles. The molecule has 4 N–H and O–H groups in total. The van der Waals surface area contributed by atoms with E-state index in [0.29, 0.717) is 5.39 Å². The molecule has 1 spiro atoms. The van der Waals surface area contributed by atoms with E-state index >= 15 is 0 Å². The van der Waals surface area contributed by atoms with Gasteiger partial charge in [0.25, 0.3) is 0 Å². The Kier molecular flexibility index (Phi) is 3.69. The Labute approximate surface area is 174 Å². The van der Waals surface area contributed by atoms with Gasteiger partial charge in [0.05, 0.1) is 11.3 Å². The van der Waals surface area contributed by atoms with E-state index in [0.717, 1.165) is 4.90 Å². The van der Waals surface area contributed by atoms with Crippen LogP contribution in [-0.2, 0) is 15.0 Å². The molecule has 0 bridgehead atoms. The van der Waals surface area contributed by atoms with Crippen LogP contribution in [0.3, 0.4) is 0 Å². The van der Waals surface area contributed by atoms with Gasteiger partial charge < -0.3 is 25.5 Å². The zero-order chi connectivity index (χ0) is 21.9. The number of anilines is 1. The van der Waals surface area contributed by atoms with Gasteiger partial charge in [0.1, 0.15) is 29.5 Å². The quantitative estimate of drug-likeness (QED) is 0.593. The summed E-state index contributed by atoms with van der Waals surface area (Å²) in [4.78, 5) is 40.2. The highest BCUT2D eigenvalue weighted by molar-refractivity contribution is 6.20. The number of carbonyl (C=O) groups is 2. The normalized spacial score (nSPS) is 19.2. The van der Waals surface area contributed by atoms with Gasteiger partial charge in [-0.15, -0.1) is 0 Å². The number of nitrogens with zero attached hydrogens (tertiary/aromatic N) is 2. The fourth-order valence-electron chi connectivity index (χ4n) is 4.44. The number of hydrogen-bond donors (Lipinski definition) is 2. The van der Waals surface area contributed by atoms with Gasteiger partial charge in [-0.3, -0.25) is 9.59 Å².